The second-order valence-corrected chi connectivity index (χ2v) is 7.66. The van der Waals surface area contributed by atoms with E-state index < -0.39 is 0 Å². The van der Waals surface area contributed by atoms with E-state index in [2.05, 4.69) is 11.8 Å². The maximum Gasteiger partial charge on any atom is 0.0783 e. The van der Waals surface area contributed by atoms with Crippen LogP contribution >= 0.6 is 11.8 Å². The molecule has 3 rings (SSSR count). The molecule has 1 aliphatic carbocycles. The Morgan fingerprint density at radius 1 is 1.11 bits per heavy atom. The molecule has 0 bridgehead atoms. The third-order valence-corrected chi connectivity index (χ3v) is 6.55. The van der Waals surface area contributed by atoms with Crippen LogP contribution in [-0.4, -0.2) is 29.8 Å². The van der Waals surface area contributed by atoms with Crippen LogP contribution in [0.3, 0.4) is 0 Å². The molecule has 3 heteroatoms. The van der Waals surface area contributed by atoms with Gasteiger partial charge in [0.2, 0.25) is 0 Å². The first-order valence-electron chi connectivity index (χ1n) is 7.76. The summed E-state index contributed by atoms with van der Waals surface area (Å²) in [4.78, 5) is 0. The molecule has 2 nitrogen and oxygen atoms in total. The highest BCUT2D eigenvalue weighted by Crippen LogP contribution is 2.44. The Kier molecular flexibility index (Phi) is 4.21. The van der Waals surface area contributed by atoms with Crippen molar-refractivity contribution in [2.75, 3.05) is 18.1 Å². The van der Waals surface area contributed by atoms with Gasteiger partial charge in [-0.3, -0.25) is 0 Å². The van der Waals surface area contributed by atoms with Gasteiger partial charge in [0, 0.05) is 18.4 Å². The lowest BCUT2D eigenvalue weighted by molar-refractivity contribution is -0.0913. The molecule has 2 heterocycles. The third kappa shape index (κ3) is 2.73. The summed E-state index contributed by atoms with van der Waals surface area (Å²) in [6.07, 6.45) is 10.6. The smallest absolute Gasteiger partial charge is 0.0783 e. The number of rotatable bonds is 1. The molecule has 4 atom stereocenters. The first-order valence-corrected chi connectivity index (χ1v) is 8.92. The molecule has 0 aromatic heterocycles. The monoisotopic (exact) mass is 269 g/mol. The highest BCUT2D eigenvalue weighted by molar-refractivity contribution is 7.99. The number of thioether (sulfide) groups is 1. The molecule has 1 saturated carbocycles. The lowest BCUT2D eigenvalue weighted by Crippen LogP contribution is -2.45. The predicted octanol–water partition coefficient (Wildman–Crippen LogP) is 3.20. The molecule has 0 aromatic carbocycles. The standard InChI is InChI=1S/C15H27NOS/c16-14-5-3-1-2-4-13(14)12-6-8-17-15(10-12)7-9-18-11-15/h12-14H,1-11,16H2. The average Bonchev–Trinajstić information content (AvgIpc) is 2.70. The van der Waals surface area contributed by atoms with Crippen molar-refractivity contribution in [1.29, 1.82) is 0 Å². The van der Waals surface area contributed by atoms with E-state index in [1.165, 1.54) is 62.9 Å². The summed E-state index contributed by atoms with van der Waals surface area (Å²) in [7, 11) is 0. The second-order valence-electron chi connectivity index (χ2n) is 6.55. The van der Waals surface area contributed by atoms with Crippen molar-refractivity contribution in [2.24, 2.45) is 17.6 Å². The molecule has 3 fully saturated rings. The lowest BCUT2D eigenvalue weighted by atomic mass is 9.74. The maximum absolute atomic E-state index is 6.45. The van der Waals surface area contributed by atoms with E-state index in [1.807, 2.05) is 0 Å². The van der Waals surface area contributed by atoms with Gasteiger partial charge in [-0.15, -0.1) is 0 Å². The van der Waals surface area contributed by atoms with Crippen LogP contribution in [0.25, 0.3) is 0 Å². The van der Waals surface area contributed by atoms with Crippen LogP contribution in [0.15, 0.2) is 0 Å². The Balaban J connectivity index is 1.67. The molecule has 3 aliphatic rings. The van der Waals surface area contributed by atoms with E-state index >= 15 is 0 Å². The summed E-state index contributed by atoms with van der Waals surface area (Å²) in [6, 6.07) is 0.460. The fourth-order valence-corrected chi connectivity index (χ4v) is 5.62. The first-order chi connectivity index (χ1) is 8.79. The van der Waals surface area contributed by atoms with Gasteiger partial charge < -0.3 is 10.5 Å². The molecule has 104 valence electrons. The highest BCUT2D eigenvalue weighted by Gasteiger charge is 2.43. The van der Waals surface area contributed by atoms with Crippen LogP contribution < -0.4 is 5.73 Å². The Hall–Kier alpha value is 0.270. The Morgan fingerprint density at radius 2 is 2.00 bits per heavy atom. The molecule has 2 aliphatic heterocycles. The average molecular weight is 269 g/mol. The normalized spacial score (nSPS) is 46.2. The fourth-order valence-electron chi connectivity index (χ4n) is 4.24. The largest absolute Gasteiger partial charge is 0.374 e. The van der Waals surface area contributed by atoms with Gasteiger partial charge in [0.05, 0.1) is 5.60 Å². The first kappa shape index (κ1) is 13.3. The predicted molar refractivity (Wildman–Crippen MR) is 77.9 cm³/mol. The van der Waals surface area contributed by atoms with E-state index in [9.17, 15) is 0 Å². The van der Waals surface area contributed by atoms with Crippen molar-refractivity contribution in [3.63, 3.8) is 0 Å². The van der Waals surface area contributed by atoms with Crippen LogP contribution in [0, 0.1) is 11.8 Å². The van der Waals surface area contributed by atoms with Crippen LogP contribution in [0.2, 0.25) is 0 Å². The van der Waals surface area contributed by atoms with E-state index in [1.54, 1.807) is 0 Å². The molecule has 1 spiro atoms. The zero-order valence-corrected chi connectivity index (χ0v) is 12.2. The van der Waals surface area contributed by atoms with Crippen molar-refractivity contribution in [1.82, 2.24) is 0 Å². The van der Waals surface area contributed by atoms with Crippen LogP contribution in [0.4, 0.5) is 0 Å². The molecule has 0 radical (unpaired) electrons. The summed E-state index contributed by atoms with van der Waals surface area (Å²) < 4.78 is 6.15. The summed E-state index contributed by atoms with van der Waals surface area (Å²) in [6.45, 7) is 0.981. The molecule has 0 amide bonds. The number of hydrogen-bond donors (Lipinski definition) is 1. The van der Waals surface area contributed by atoms with E-state index in [4.69, 9.17) is 10.5 Å². The Bertz CT molecular complexity index is 278. The minimum atomic E-state index is 0.236. The second kappa shape index (κ2) is 5.72. The zero-order chi connectivity index (χ0) is 12.4. The lowest BCUT2D eigenvalue weighted by Gasteiger charge is -2.42. The minimum Gasteiger partial charge on any atom is -0.374 e. The van der Waals surface area contributed by atoms with Gasteiger partial charge in [0.25, 0.3) is 0 Å². The zero-order valence-electron chi connectivity index (χ0n) is 11.4. The fraction of sp³-hybridized carbons (Fsp3) is 1.00. The van der Waals surface area contributed by atoms with Crippen molar-refractivity contribution in [2.45, 2.75) is 63.0 Å². The SMILES string of the molecule is NC1CCCCCC1C1CCOC2(CCSC2)C1. The third-order valence-electron chi connectivity index (χ3n) is 5.33. The van der Waals surface area contributed by atoms with Crippen molar-refractivity contribution >= 4 is 11.8 Å². The van der Waals surface area contributed by atoms with Gasteiger partial charge in [0.15, 0.2) is 0 Å². The van der Waals surface area contributed by atoms with Crippen molar-refractivity contribution in [3.05, 3.63) is 0 Å². The van der Waals surface area contributed by atoms with E-state index in [0.29, 0.717) is 6.04 Å². The maximum atomic E-state index is 6.45. The molecular formula is C15H27NOS. The molecule has 2 N–H and O–H groups in total. The quantitative estimate of drug-likeness (QED) is 0.743. The van der Waals surface area contributed by atoms with E-state index in [-0.39, 0.29) is 5.60 Å². The van der Waals surface area contributed by atoms with Crippen molar-refractivity contribution in [3.8, 4) is 0 Å². The van der Waals surface area contributed by atoms with Gasteiger partial charge >= 0.3 is 0 Å². The Morgan fingerprint density at radius 3 is 2.83 bits per heavy atom. The van der Waals surface area contributed by atoms with E-state index in [0.717, 1.165) is 18.4 Å². The minimum absolute atomic E-state index is 0.236. The van der Waals surface area contributed by atoms with Gasteiger partial charge in [-0.25, -0.2) is 0 Å². The topological polar surface area (TPSA) is 35.2 Å². The number of hydrogen-bond acceptors (Lipinski definition) is 3. The highest BCUT2D eigenvalue weighted by atomic mass is 32.2. The van der Waals surface area contributed by atoms with Gasteiger partial charge in [-0.05, 0) is 49.7 Å². The molecule has 18 heavy (non-hydrogen) atoms. The summed E-state index contributed by atoms with van der Waals surface area (Å²) in [5.41, 5.74) is 6.69. The number of ether oxygens (including phenoxy) is 1. The van der Waals surface area contributed by atoms with Gasteiger partial charge in [-0.2, -0.15) is 11.8 Å². The van der Waals surface area contributed by atoms with Crippen LogP contribution in [-0.2, 0) is 4.74 Å². The van der Waals surface area contributed by atoms with Crippen LogP contribution in [0.5, 0.6) is 0 Å². The molecule has 0 aromatic rings. The van der Waals surface area contributed by atoms with Gasteiger partial charge in [0.1, 0.15) is 0 Å². The van der Waals surface area contributed by atoms with Crippen LogP contribution in [0.1, 0.15) is 51.4 Å². The summed E-state index contributed by atoms with van der Waals surface area (Å²) in [5.74, 6) is 4.14. The summed E-state index contributed by atoms with van der Waals surface area (Å²) >= 11 is 2.08. The van der Waals surface area contributed by atoms with Crippen molar-refractivity contribution < 1.29 is 4.74 Å². The molecule has 2 saturated heterocycles. The molecule has 4 unspecified atom stereocenters. The summed E-state index contributed by atoms with van der Waals surface area (Å²) in [5, 5.41) is 0. The molecular weight excluding hydrogens is 242 g/mol. The Labute approximate surface area is 115 Å². The van der Waals surface area contributed by atoms with Gasteiger partial charge in [-0.1, -0.05) is 19.3 Å². The number of nitrogens with two attached hydrogens (primary N) is 1.